The summed E-state index contributed by atoms with van der Waals surface area (Å²) in [5.41, 5.74) is 1.27. The first-order valence-electron chi connectivity index (χ1n) is 12.6. The summed E-state index contributed by atoms with van der Waals surface area (Å²) in [7, 11) is -2.70. The Bertz CT molecular complexity index is 1470. The van der Waals surface area contributed by atoms with Crippen LogP contribution in [0.15, 0.2) is 40.9 Å². The Morgan fingerprint density at radius 2 is 1.88 bits per heavy atom. The van der Waals surface area contributed by atoms with Gasteiger partial charge in [0.15, 0.2) is 0 Å². The van der Waals surface area contributed by atoms with Gasteiger partial charge in [0.25, 0.3) is 10.0 Å². The van der Waals surface area contributed by atoms with Crippen molar-refractivity contribution in [1.82, 2.24) is 19.6 Å². The Morgan fingerprint density at radius 3 is 2.43 bits per heavy atom. The van der Waals surface area contributed by atoms with Crippen molar-refractivity contribution in [2.24, 2.45) is 5.92 Å². The van der Waals surface area contributed by atoms with Gasteiger partial charge in [0.2, 0.25) is 0 Å². The van der Waals surface area contributed by atoms with Gasteiger partial charge in [0, 0.05) is 48.5 Å². The number of thiophene rings is 1. The molecule has 2 aromatic heterocycles. The predicted molar refractivity (Wildman–Crippen MR) is 148 cm³/mol. The van der Waals surface area contributed by atoms with E-state index in [0.717, 1.165) is 28.5 Å². The van der Waals surface area contributed by atoms with Crippen LogP contribution in [0.1, 0.15) is 37.0 Å². The second kappa shape index (κ2) is 15.1. The second-order valence-corrected chi connectivity index (χ2v) is 12.3. The van der Waals surface area contributed by atoms with Crippen molar-refractivity contribution >= 4 is 33.4 Å². The highest BCUT2D eigenvalue weighted by Gasteiger charge is 2.38. The highest BCUT2D eigenvalue weighted by molar-refractivity contribution is 7.92. The zero-order valence-electron chi connectivity index (χ0n) is 23.3. The van der Waals surface area contributed by atoms with Crippen LogP contribution in [0.3, 0.4) is 0 Å². The Labute approximate surface area is 244 Å². The van der Waals surface area contributed by atoms with E-state index in [9.17, 15) is 26.4 Å². The SMILES string of the molecule is CCc1nccn1Cc1ccc(-c2cc(CC(C)C)sc2S(=O)(=O)NC(=O)NCCOC)cc1F.O=C(O)C(F)(F)F. The quantitative estimate of drug-likeness (QED) is 0.202. The number of halogens is 4. The summed E-state index contributed by atoms with van der Waals surface area (Å²) in [6, 6.07) is 5.63. The van der Waals surface area contributed by atoms with Crippen LogP contribution in [0.25, 0.3) is 11.1 Å². The minimum absolute atomic E-state index is 0.0231. The van der Waals surface area contributed by atoms with E-state index < -0.39 is 34.0 Å². The number of sulfonamides is 1. The summed E-state index contributed by atoms with van der Waals surface area (Å²) in [6.45, 7) is 6.79. The van der Waals surface area contributed by atoms with Gasteiger partial charge in [0.05, 0.1) is 13.2 Å². The number of amides is 2. The van der Waals surface area contributed by atoms with E-state index in [-0.39, 0.29) is 17.4 Å². The summed E-state index contributed by atoms with van der Waals surface area (Å²) in [5.74, 6) is -2.05. The van der Waals surface area contributed by atoms with E-state index in [1.807, 2.05) is 30.1 Å². The smallest absolute Gasteiger partial charge is 0.475 e. The van der Waals surface area contributed by atoms with Crippen molar-refractivity contribution in [3.8, 4) is 11.1 Å². The van der Waals surface area contributed by atoms with E-state index in [1.54, 1.807) is 30.6 Å². The average molecular weight is 637 g/mol. The number of ether oxygens (including phenoxy) is 1. The molecule has 0 aliphatic carbocycles. The van der Waals surface area contributed by atoms with Gasteiger partial charge in [-0.15, -0.1) is 11.3 Å². The van der Waals surface area contributed by atoms with Crippen LogP contribution in [0.4, 0.5) is 22.4 Å². The summed E-state index contributed by atoms with van der Waals surface area (Å²) in [4.78, 5) is 26.1. The van der Waals surface area contributed by atoms with E-state index in [0.29, 0.717) is 35.6 Å². The molecule has 0 fully saturated rings. The first kappa shape index (κ1) is 34.7. The molecule has 0 saturated heterocycles. The largest absolute Gasteiger partial charge is 0.490 e. The molecule has 0 aliphatic heterocycles. The average Bonchev–Trinajstić information content (AvgIpc) is 3.51. The number of carbonyl (C=O) groups excluding carboxylic acids is 1. The molecule has 10 nitrogen and oxygen atoms in total. The molecule has 0 atom stereocenters. The molecule has 1 aromatic carbocycles. The molecule has 2 amide bonds. The summed E-state index contributed by atoms with van der Waals surface area (Å²) >= 11 is 1.09. The van der Waals surface area contributed by atoms with Gasteiger partial charge in [-0.3, -0.25) is 0 Å². The van der Waals surface area contributed by atoms with Crippen LogP contribution >= 0.6 is 11.3 Å². The maximum Gasteiger partial charge on any atom is 0.490 e. The lowest BCUT2D eigenvalue weighted by Gasteiger charge is -2.11. The lowest BCUT2D eigenvalue weighted by molar-refractivity contribution is -0.192. The lowest BCUT2D eigenvalue weighted by atomic mass is 10.0. The summed E-state index contributed by atoms with van der Waals surface area (Å²) in [6.07, 6.45) is -0.207. The minimum atomic E-state index is -5.08. The topological polar surface area (TPSA) is 140 Å². The molecular weight excluding hydrogens is 604 g/mol. The first-order valence-corrected chi connectivity index (χ1v) is 14.9. The van der Waals surface area contributed by atoms with E-state index in [1.165, 1.54) is 13.2 Å². The molecule has 3 aromatic rings. The van der Waals surface area contributed by atoms with Crippen LogP contribution in [0, 0.1) is 11.7 Å². The number of imidazole rings is 1. The third-order valence-corrected chi connectivity index (χ3v) is 8.51. The number of methoxy groups -OCH3 is 1. The second-order valence-electron chi connectivity index (χ2n) is 9.30. The molecule has 0 spiro atoms. The number of carboxylic acids is 1. The molecule has 232 valence electrons. The standard InChI is InChI=1S/C24H31FN4O4S2.C2HF3O2/c1-5-22-26-8-10-29(22)15-18-7-6-17(13-21(18)25)20-14-19(12-16(2)3)34-23(20)35(31,32)28-24(30)27-9-11-33-4;3-2(4,5)1(6)7/h6-8,10,13-14,16H,5,9,11-12,15H2,1-4H3,(H2,27,28,30);(H,6,7). The van der Waals surface area contributed by atoms with E-state index in [4.69, 9.17) is 14.6 Å². The normalized spacial score (nSPS) is 11.6. The zero-order chi connectivity index (χ0) is 31.7. The number of benzene rings is 1. The number of aliphatic carboxylic acids is 1. The van der Waals surface area contributed by atoms with E-state index >= 15 is 4.39 Å². The van der Waals surface area contributed by atoms with Gasteiger partial charge >= 0.3 is 18.2 Å². The number of carboxylic acid groups (broad SMARTS) is 1. The highest BCUT2D eigenvalue weighted by atomic mass is 32.2. The van der Waals surface area contributed by atoms with Gasteiger partial charge in [0.1, 0.15) is 15.9 Å². The molecule has 0 aliphatic rings. The fraction of sp³-hybridized carbons (Fsp3) is 0.423. The monoisotopic (exact) mass is 636 g/mol. The lowest BCUT2D eigenvalue weighted by Crippen LogP contribution is -2.40. The van der Waals surface area contributed by atoms with Gasteiger partial charge in [-0.05, 0) is 30.0 Å². The molecule has 0 unspecified atom stereocenters. The van der Waals surface area contributed by atoms with Gasteiger partial charge in [-0.1, -0.05) is 32.9 Å². The van der Waals surface area contributed by atoms with Crippen LogP contribution in [-0.2, 0) is 38.9 Å². The van der Waals surface area contributed by atoms with Gasteiger partial charge < -0.3 is 19.7 Å². The van der Waals surface area contributed by atoms with Crippen molar-refractivity contribution in [3.05, 3.63) is 58.7 Å². The number of hydrogen-bond acceptors (Lipinski definition) is 7. The Hall–Kier alpha value is -3.50. The van der Waals surface area contributed by atoms with Crippen LogP contribution < -0.4 is 10.0 Å². The number of hydrogen-bond donors (Lipinski definition) is 3. The molecule has 3 N–H and O–H groups in total. The number of nitrogens with one attached hydrogen (secondary N) is 2. The van der Waals surface area contributed by atoms with Crippen molar-refractivity contribution in [2.75, 3.05) is 20.3 Å². The number of aryl methyl sites for hydroxylation is 1. The molecule has 3 rings (SSSR count). The third kappa shape index (κ3) is 10.1. The van der Waals surface area contributed by atoms with E-state index in [2.05, 4.69) is 10.3 Å². The molecule has 42 heavy (non-hydrogen) atoms. The maximum absolute atomic E-state index is 15.1. The van der Waals surface area contributed by atoms with Crippen molar-refractivity contribution < 1.29 is 45.4 Å². The molecule has 0 bridgehead atoms. The number of aromatic nitrogens is 2. The number of urea groups is 1. The van der Waals surface area contributed by atoms with Crippen LogP contribution in [0.2, 0.25) is 0 Å². The van der Waals surface area contributed by atoms with Crippen molar-refractivity contribution in [3.63, 3.8) is 0 Å². The van der Waals surface area contributed by atoms with Crippen molar-refractivity contribution in [1.29, 1.82) is 0 Å². The zero-order valence-corrected chi connectivity index (χ0v) is 24.9. The Morgan fingerprint density at radius 1 is 1.21 bits per heavy atom. The number of alkyl halides is 3. The summed E-state index contributed by atoms with van der Waals surface area (Å²) < 4.78 is 81.8. The molecule has 2 heterocycles. The molecule has 0 radical (unpaired) electrons. The first-order chi connectivity index (χ1) is 19.6. The number of carbonyl (C=O) groups is 2. The van der Waals surface area contributed by atoms with Gasteiger partial charge in [-0.25, -0.2) is 32.1 Å². The fourth-order valence-electron chi connectivity index (χ4n) is 3.62. The Kier molecular flexibility index (Phi) is 12.5. The predicted octanol–water partition coefficient (Wildman–Crippen LogP) is 4.83. The van der Waals surface area contributed by atoms with Crippen LogP contribution in [0.5, 0.6) is 0 Å². The number of nitrogens with zero attached hydrogens (tertiary/aromatic N) is 2. The minimum Gasteiger partial charge on any atom is -0.475 e. The van der Waals surface area contributed by atoms with Crippen LogP contribution in [-0.4, -0.2) is 61.5 Å². The molecular formula is C26H32F4N4O6S2. The molecule has 0 saturated carbocycles. The molecule has 16 heteroatoms. The van der Waals surface area contributed by atoms with Gasteiger partial charge in [-0.2, -0.15) is 13.2 Å². The summed E-state index contributed by atoms with van der Waals surface area (Å²) in [5, 5.41) is 9.56. The highest BCUT2D eigenvalue weighted by Crippen LogP contribution is 2.37. The fourth-order valence-corrected chi connectivity index (χ4v) is 6.50. The third-order valence-electron chi connectivity index (χ3n) is 5.49. The Balaban J connectivity index is 0.000000782. The van der Waals surface area contributed by atoms with Crippen molar-refractivity contribution in [2.45, 2.75) is 50.5 Å². The maximum atomic E-state index is 15.1. The number of rotatable bonds is 11.